The van der Waals surface area contributed by atoms with Crippen LogP contribution in [0.2, 0.25) is 0 Å². The molecule has 6 heteroatoms. The van der Waals surface area contributed by atoms with Gasteiger partial charge in [-0.2, -0.15) is 0 Å². The molecule has 24 heavy (non-hydrogen) atoms. The molecule has 0 aliphatic carbocycles. The van der Waals surface area contributed by atoms with Crippen LogP contribution in [0.5, 0.6) is 0 Å². The Morgan fingerprint density at radius 3 is 2.75 bits per heavy atom. The Morgan fingerprint density at radius 2 is 2.00 bits per heavy atom. The molecule has 0 unspecified atom stereocenters. The van der Waals surface area contributed by atoms with Gasteiger partial charge in [-0.25, -0.2) is 0 Å². The Hall–Kier alpha value is -2.31. The first-order valence-corrected chi connectivity index (χ1v) is 8.84. The number of carbonyl (C=O) groups excluding carboxylic acids is 1. The summed E-state index contributed by atoms with van der Waals surface area (Å²) in [6.45, 7) is 4.13. The van der Waals surface area contributed by atoms with E-state index in [1.54, 1.807) is 6.26 Å². The van der Waals surface area contributed by atoms with Gasteiger partial charge in [0.1, 0.15) is 5.58 Å². The number of nitrogens with zero attached hydrogens (tertiary/aromatic N) is 2. The molecule has 4 rings (SSSR count). The summed E-state index contributed by atoms with van der Waals surface area (Å²) in [6.07, 6.45) is 1.66. The van der Waals surface area contributed by atoms with Gasteiger partial charge in [0, 0.05) is 44.5 Å². The minimum Gasteiger partial charge on any atom is -0.463 e. The molecule has 2 aromatic heterocycles. The van der Waals surface area contributed by atoms with Crippen LogP contribution in [0.1, 0.15) is 15.2 Å². The molecule has 1 saturated heterocycles. The highest BCUT2D eigenvalue weighted by atomic mass is 32.1. The van der Waals surface area contributed by atoms with Crippen molar-refractivity contribution in [3.8, 4) is 0 Å². The van der Waals surface area contributed by atoms with Gasteiger partial charge in [-0.3, -0.25) is 9.69 Å². The average Bonchev–Trinajstić information content (AvgIpc) is 3.16. The molecule has 1 aliphatic rings. The summed E-state index contributed by atoms with van der Waals surface area (Å²) < 4.78 is 6.38. The van der Waals surface area contributed by atoms with E-state index < -0.39 is 0 Å². The third-order valence-electron chi connectivity index (χ3n) is 4.37. The van der Waals surface area contributed by atoms with Crippen molar-refractivity contribution in [2.75, 3.05) is 31.9 Å². The molecule has 3 heterocycles. The highest BCUT2D eigenvalue weighted by molar-refractivity contribution is 7.20. The summed E-state index contributed by atoms with van der Waals surface area (Å²) in [6, 6.07) is 11.7. The smallest absolute Gasteiger partial charge is 0.264 e. The second-order valence-corrected chi connectivity index (χ2v) is 7.16. The van der Waals surface area contributed by atoms with E-state index in [4.69, 9.17) is 10.2 Å². The Morgan fingerprint density at radius 1 is 1.17 bits per heavy atom. The number of rotatable bonds is 3. The standard InChI is InChI=1S/C18H19N3O2S/c19-14-3-1-2-13(10-14)12-20-5-7-21(8-6-20)18(22)17-11-15-16(24-17)4-9-23-15/h1-4,9-11H,5-8,12,19H2. The third kappa shape index (κ3) is 3.02. The lowest BCUT2D eigenvalue weighted by atomic mass is 10.1. The van der Waals surface area contributed by atoms with Gasteiger partial charge < -0.3 is 15.1 Å². The number of fused-ring (bicyclic) bond motifs is 1. The molecule has 0 atom stereocenters. The van der Waals surface area contributed by atoms with Crippen molar-refractivity contribution in [3.63, 3.8) is 0 Å². The molecule has 5 nitrogen and oxygen atoms in total. The molecule has 1 amide bonds. The van der Waals surface area contributed by atoms with Gasteiger partial charge in [-0.1, -0.05) is 12.1 Å². The van der Waals surface area contributed by atoms with Crippen molar-refractivity contribution in [2.24, 2.45) is 0 Å². The second-order valence-electron chi connectivity index (χ2n) is 6.07. The number of nitrogens with two attached hydrogens (primary N) is 1. The number of carbonyl (C=O) groups is 1. The predicted octanol–water partition coefficient (Wildman–Crippen LogP) is 3.03. The van der Waals surface area contributed by atoms with E-state index in [9.17, 15) is 4.79 Å². The molecule has 0 saturated carbocycles. The molecule has 1 aromatic carbocycles. The highest BCUT2D eigenvalue weighted by Gasteiger charge is 2.24. The number of benzene rings is 1. The van der Waals surface area contributed by atoms with Gasteiger partial charge >= 0.3 is 0 Å². The topological polar surface area (TPSA) is 62.7 Å². The molecule has 3 aromatic rings. The number of piperazine rings is 1. The summed E-state index contributed by atoms with van der Waals surface area (Å²) in [5, 5.41) is 0. The fourth-order valence-corrected chi connectivity index (χ4v) is 4.04. The largest absolute Gasteiger partial charge is 0.463 e. The first-order valence-electron chi connectivity index (χ1n) is 8.02. The van der Waals surface area contributed by atoms with Crippen LogP contribution in [0.4, 0.5) is 5.69 Å². The number of nitrogen functional groups attached to an aromatic ring is 1. The number of anilines is 1. The van der Waals surface area contributed by atoms with E-state index in [0.29, 0.717) is 0 Å². The Bertz CT molecular complexity index is 833. The molecule has 0 bridgehead atoms. The van der Waals surface area contributed by atoms with Gasteiger partial charge in [-0.15, -0.1) is 11.3 Å². The number of amides is 1. The van der Waals surface area contributed by atoms with Crippen LogP contribution in [0.3, 0.4) is 0 Å². The summed E-state index contributed by atoms with van der Waals surface area (Å²) >= 11 is 1.50. The maximum atomic E-state index is 12.6. The quantitative estimate of drug-likeness (QED) is 0.744. The van der Waals surface area contributed by atoms with Crippen LogP contribution in [0.25, 0.3) is 10.3 Å². The number of hydrogen-bond acceptors (Lipinski definition) is 5. The van der Waals surface area contributed by atoms with Gasteiger partial charge in [0.25, 0.3) is 5.91 Å². The molecule has 1 aliphatic heterocycles. The van der Waals surface area contributed by atoms with E-state index in [1.807, 2.05) is 35.2 Å². The maximum Gasteiger partial charge on any atom is 0.264 e. The minimum atomic E-state index is 0.106. The molecule has 0 radical (unpaired) electrons. The predicted molar refractivity (Wildman–Crippen MR) is 96.1 cm³/mol. The zero-order chi connectivity index (χ0) is 16.5. The molecule has 2 N–H and O–H groups in total. The van der Waals surface area contributed by atoms with E-state index in [2.05, 4.69) is 11.0 Å². The normalized spacial score (nSPS) is 15.9. The Kier molecular flexibility index (Phi) is 4.00. The third-order valence-corrected chi connectivity index (χ3v) is 5.44. The van der Waals surface area contributed by atoms with Gasteiger partial charge in [0.2, 0.25) is 0 Å². The van der Waals surface area contributed by atoms with Gasteiger partial charge in [0.15, 0.2) is 0 Å². The summed E-state index contributed by atoms with van der Waals surface area (Å²) in [7, 11) is 0. The van der Waals surface area contributed by atoms with Crippen molar-refractivity contribution >= 4 is 33.2 Å². The van der Waals surface area contributed by atoms with Crippen molar-refractivity contribution in [1.29, 1.82) is 0 Å². The number of furan rings is 1. The van der Waals surface area contributed by atoms with E-state index >= 15 is 0 Å². The van der Waals surface area contributed by atoms with Crippen LogP contribution in [-0.2, 0) is 6.54 Å². The van der Waals surface area contributed by atoms with E-state index in [1.165, 1.54) is 16.9 Å². The highest BCUT2D eigenvalue weighted by Crippen LogP contribution is 2.27. The molecule has 124 valence electrons. The summed E-state index contributed by atoms with van der Waals surface area (Å²) in [5.41, 5.74) is 8.64. The lowest BCUT2D eigenvalue weighted by Gasteiger charge is -2.34. The zero-order valence-electron chi connectivity index (χ0n) is 13.3. The van der Waals surface area contributed by atoms with Gasteiger partial charge in [0.05, 0.1) is 15.8 Å². The first kappa shape index (κ1) is 15.2. The fraction of sp³-hybridized carbons (Fsp3) is 0.278. The Balaban J connectivity index is 1.37. The molecule has 0 spiro atoms. The van der Waals surface area contributed by atoms with E-state index in [0.717, 1.165) is 53.6 Å². The molecule has 1 fully saturated rings. The monoisotopic (exact) mass is 341 g/mol. The first-order chi connectivity index (χ1) is 11.7. The number of thiophene rings is 1. The van der Waals surface area contributed by atoms with Crippen LogP contribution in [-0.4, -0.2) is 41.9 Å². The van der Waals surface area contributed by atoms with Crippen molar-refractivity contribution in [1.82, 2.24) is 9.80 Å². The summed E-state index contributed by atoms with van der Waals surface area (Å²) in [5.74, 6) is 0.106. The lowest BCUT2D eigenvalue weighted by molar-refractivity contribution is 0.0633. The second kappa shape index (κ2) is 6.30. The van der Waals surface area contributed by atoms with E-state index in [-0.39, 0.29) is 5.91 Å². The van der Waals surface area contributed by atoms with Crippen molar-refractivity contribution < 1.29 is 9.21 Å². The maximum absolute atomic E-state index is 12.6. The molecular weight excluding hydrogens is 322 g/mol. The van der Waals surface area contributed by atoms with Crippen LogP contribution >= 0.6 is 11.3 Å². The number of hydrogen-bond donors (Lipinski definition) is 1. The zero-order valence-corrected chi connectivity index (χ0v) is 14.1. The van der Waals surface area contributed by atoms with Crippen LogP contribution < -0.4 is 5.73 Å². The lowest BCUT2D eigenvalue weighted by Crippen LogP contribution is -2.48. The minimum absolute atomic E-state index is 0.106. The SMILES string of the molecule is Nc1cccc(CN2CCN(C(=O)c3cc4occc4s3)CC2)c1. The van der Waals surface area contributed by atoms with Gasteiger partial charge in [-0.05, 0) is 23.8 Å². The fourth-order valence-electron chi connectivity index (χ4n) is 3.09. The van der Waals surface area contributed by atoms with Crippen LogP contribution in [0.15, 0.2) is 47.1 Å². The van der Waals surface area contributed by atoms with Crippen molar-refractivity contribution in [3.05, 3.63) is 53.1 Å². The molecular formula is C18H19N3O2S. The summed E-state index contributed by atoms with van der Waals surface area (Å²) in [4.78, 5) is 17.7. The van der Waals surface area contributed by atoms with Crippen molar-refractivity contribution in [2.45, 2.75) is 6.54 Å². The Labute approximate surface area is 144 Å². The average molecular weight is 341 g/mol. The van der Waals surface area contributed by atoms with Crippen LogP contribution in [0, 0.1) is 0 Å².